The van der Waals surface area contributed by atoms with Crippen LogP contribution in [0.1, 0.15) is 22.0 Å². The normalized spacial score (nSPS) is 12.3. The van der Waals surface area contributed by atoms with Crippen molar-refractivity contribution in [1.82, 2.24) is 0 Å². The van der Waals surface area contributed by atoms with Crippen LogP contribution in [0.2, 0.25) is 0 Å². The summed E-state index contributed by atoms with van der Waals surface area (Å²) in [5.74, 6) is -4.30. The van der Waals surface area contributed by atoms with Crippen LogP contribution in [-0.2, 0) is 4.79 Å². The number of carboxylic acid groups (broad SMARTS) is 1. The molecular formula is C10H7F3O5. The minimum atomic E-state index is -3.32. The fraction of sp³-hybridized carbons (Fsp3) is 0.200. The predicted octanol–water partition coefficient (Wildman–Crippen LogP) is 1.36. The van der Waals surface area contributed by atoms with Crippen LogP contribution in [-0.4, -0.2) is 29.1 Å². The number of aliphatic carboxylic acids is 1. The SMILES string of the molecule is O=Cc1ccc(OC(F)F)c(F)c1C(O)C(=O)O. The third-order valence-corrected chi connectivity index (χ3v) is 2.03. The van der Waals surface area contributed by atoms with Gasteiger partial charge in [-0.05, 0) is 12.1 Å². The molecule has 1 aromatic rings. The topological polar surface area (TPSA) is 83.8 Å². The summed E-state index contributed by atoms with van der Waals surface area (Å²) in [6.45, 7) is -3.32. The smallest absolute Gasteiger partial charge is 0.387 e. The number of ether oxygens (including phenoxy) is 1. The predicted molar refractivity (Wildman–Crippen MR) is 51.0 cm³/mol. The summed E-state index contributed by atoms with van der Waals surface area (Å²) < 4.78 is 41.3. The third kappa shape index (κ3) is 2.77. The minimum absolute atomic E-state index is 0.0940. The molecule has 0 fully saturated rings. The third-order valence-electron chi connectivity index (χ3n) is 2.03. The van der Waals surface area contributed by atoms with Gasteiger partial charge in [-0.25, -0.2) is 9.18 Å². The van der Waals surface area contributed by atoms with Gasteiger partial charge in [0.05, 0.1) is 0 Å². The van der Waals surface area contributed by atoms with Crippen molar-refractivity contribution in [2.45, 2.75) is 12.7 Å². The molecule has 1 rings (SSSR count). The first-order valence-electron chi connectivity index (χ1n) is 4.51. The van der Waals surface area contributed by atoms with Gasteiger partial charge in [0.1, 0.15) is 0 Å². The van der Waals surface area contributed by atoms with E-state index in [1.165, 1.54) is 0 Å². The molecule has 2 N–H and O–H groups in total. The average Bonchev–Trinajstić information content (AvgIpc) is 2.30. The molecule has 0 radical (unpaired) electrons. The van der Waals surface area contributed by atoms with E-state index >= 15 is 0 Å². The molecular weight excluding hydrogens is 257 g/mol. The zero-order valence-electron chi connectivity index (χ0n) is 8.64. The fourth-order valence-electron chi connectivity index (χ4n) is 1.28. The Bertz CT molecular complexity index is 475. The first kappa shape index (κ1) is 14.0. The highest BCUT2D eigenvalue weighted by Gasteiger charge is 2.26. The Balaban J connectivity index is 3.35. The maximum Gasteiger partial charge on any atom is 0.387 e. The Hall–Kier alpha value is -2.09. The second-order valence-corrected chi connectivity index (χ2v) is 3.12. The molecule has 0 bridgehead atoms. The molecule has 0 heterocycles. The molecule has 0 amide bonds. The molecule has 18 heavy (non-hydrogen) atoms. The second-order valence-electron chi connectivity index (χ2n) is 3.12. The van der Waals surface area contributed by atoms with Crippen molar-refractivity contribution >= 4 is 12.3 Å². The molecule has 1 aromatic carbocycles. The van der Waals surface area contributed by atoms with Gasteiger partial charge >= 0.3 is 12.6 Å². The number of aliphatic hydroxyl groups excluding tert-OH is 1. The first-order valence-corrected chi connectivity index (χ1v) is 4.51. The summed E-state index contributed by atoms with van der Waals surface area (Å²) in [5, 5.41) is 17.7. The summed E-state index contributed by atoms with van der Waals surface area (Å²) in [7, 11) is 0. The Kier molecular flexibility index (Phi) is 4.27. The van der Waals surface area contributed by atoms with Crippen LogP contribution >= 0.6 is 0 Å². The summed E-state index contributed by atoms with van der Waals surface area (Å²) in [6, 6.07) is 1.61. The van der Waals surface area contributed by atoms with Gasteiger partial charge in [-0.15, -0.1) is 0 Å². The highest BCUT2D eigenvalue weighted by atomic mass is 19.3. The summed E-state index contributed by atoms with van der Waals surface area (Å²) >= 11 is 0. The minimum Gasteiger partial charge on any atom is -0.479 e. The fourth-order valence-corrected chi connectivity index (χ4v) is 1.28. The standard InChI is InChI=1S/C10H7F3O5/c11-7-5(18-10(12)13)2-1-4(3-14)6(7)8(15)9(16)17/h1-3,8,10,15H,(H,16,17). The molecule has 0 spiro atoms. The van der Waals surface area contributed by atoms with E-state index in [0.29, 0.717) is 0 Å². The van der Waals surface area contributed by atoms with Crippen molar-refractivity contribution in [1.29, 1.82) is 0 Å². The lowest BCUT2D eigenvalue weighted by atomic mass is 10.0. The Morgan fingerprint density at radius 3 is 2.44 bits per heavy atom. The van der Waals surface area contributed by atoms with Gasteiger partial charge in [0.25, 0.3) is 0 Å². The molecule has 8 heteroatoms. The van der Waals surface area contributed by atoms with Crippen molar-refractivity contribution in [3.05, 3.63) is 29.1 Å². The van der Waals surface area contributed by atoms with Crippen LogP contribution < -0.4 is 4.74 Å². The lowest BCUT2D eigenvalue weighted by molar-refractivity contribution is -0.147. The van der Waals surface area contributed by atoms with E-state index in [2.05, 4.69) is 4.74 Å². The number of carbonyl (C=O) groups excluding carboxylic acids is 1. The highest BCUT2D eigenvalue weighted by Crippen LogP contribution is 2.29. The number of aliphatic hydroxyl groups is 1. The molecule has 0 aliphatic heterocycles. The van der Waals surface area contributed by atoms with Crippen molar-refractivity contribution in [3.63, 3.8) is 0 Å². The van der Waals surface area contributed by atoms with Crippen LogP contribution in [0, 0.1) is 5.82 Å². The van der Waals surface area contributed by atoms with Gasteiger partial charge in [-0.3, -0.25) is 4.79 Å². The monoisotopic (exact) mass is 264 g/mol. The number of benzene rings is 1. The summed E-state index contributed by atoms with van der Waals surface area (Å²) in [6.07, 6.45) is -2.26. The van der Waals surface area contributed by atoms with E-state index in [9.17, 15) is 27.9 Å². The number of rotatable bonds is 5. The first-order chi connectivity index (χ1) is 8.38. The van der Waals surface area contributed by atoms with E-state index in [1.54, 1.807) is 0 Å². The van der Waals surface area contributed by atoms with Gasteiger partial charge in [0.15, 0.2) is 24.0 Å². The number of alkyl halides is 2. The Labute approximate surface area is 98.4 Å². The molecule has 98 valence electrons. The summed E-state index contributed by atoms with van der Waals surface area (Å²) in [5.41, 5.74) is -1.39. The van der Waals surface area contributed by atoms with Crippen LogP contribution in [0.5, 0.6) is 5.75 Å². The number of carbonyl (C=O) groups is 2. The lowest BCUT2D eigenvalue weighted by Crippen LogP contribution is -2.16. The Morgan fingerprint density at radius 1 is 1.39 bits per heavy atom. The van der Waals surface area contributed by atoms with Crippen LogP contribution in [0.25, 0.3) is 0 Å². The van der Waals surface area contributed by atoms with E-state index in [1.807, 2.05) is 0 Å². The van der Waals surface area contributed by atoms with Gasteiger partial charge in [0, 0.05) is 11.1 Å². The number of hydrogen-bond acceptors (Lipinski definition) is 4. The Morgan fingerprint density at radius 2 is 2.00 bits per heavy atom. The van der Waals surface area contributed by atoms with Crippen molar-refractivity contribution in [2.24, 2.45) is 0 Å². The molecule has 0 saturated carbocycles. The van der Waals surface area contributed by atoms with Crippen molar-refractivity contribution < 1.29 is 37.7 Å². The maximum absolute atomic E-state index is 13.7. The van der Waals surface area contributed by atoms with Crippen LogP contribution in [0.3, 0.4) is 0 Å². The van der Waals surface area contributed by atoms with E-state index < -0.39 is 41.4 Å². The maximum atomic E-state index is 13.7. The molecule has 0 aliphatic carbocycles. The van der Waals surface area contributed by atoms with E-state index in [4.69, 9.17) is 5.11 Å². The lowest BCUT2D eigenvalue weighted by Gasteiger charge is -2.13. The van der Waals surface area contributed by atoms with Crippen molar-refractivity contribution in [2.75, 3.05) is 0 Å². The molecule has 0 aromatic heterocycles. The number of aldehydes is 1. The molecule has 0 saturated heterocycles. The second kappa shape index (κ2) is 5.50. The van der Waals surface area contributed by atoms with Gasteiger partial charge < -0.3 is 14.9 Å². The highest BCUT2D eigenvalue weighted by molar-refractivity contribution is 5.83. The number of carboxylic acids is 1. The molecule has 5 nitrogen and oxygen atoms in total. The van der Waals surface area contributed by atoms with Gasteiger partial charge in [-0.2, -0.15) is 8.78 Å². The quantitative estimate of drug-likeness (QED) is 0.784. The van der Waals surface area contributed by atoms with Crippen LogP contribution in [0.15, 0.2) is 12.1 Å². The van der Waals surface area contributed by atoms with E-state index in [0.717, 1.165) is 12.1 Å². The zero-order valence-corrected chi connectivity index (χ0v) is 8.64. The van der Waals surface area contributed by atoms with Crippen molar-refractivity contribution in [3.8, 4) is 5.75 Å². The van der Waals surface area contributed by atoms with Gasteiger partial charge in [-0.1, -0.05) is 0 Å². The zero-order chi connectivity index (χ0) is 13.9. The van der Waals surface area contributed by atoms with Gasteiger partial charge in [0.2, 0.25) is 0 Å². The molecule has 0 aliphatic rings. The summed E-state index contributed by atoms with van der Waals surface area (Å²) in [4.78, 5) is 21.1. The van der Waals surface area contributed by atoms with E-state index in [-0.39, 0.29) is 6.29 Å². The molecule has 1 atom stereocenters. The van der Waals surface area contributed by atoms with Crippen LogP contribution in [0.4, 0.5) is 13.2 Å². The number of hydrogen-bond donors (Lipinski definition) is 2. The average molecular weight is 264 g/mol. The largest absolute Gasteiger partial charge is 0.479 e. The molecule has 1 unspecified atom stereocenters. The number of halogens is 3.